The summed E-state index contributed by atoms with van der Waals surface area (Å²) in [6, 6.07) is 17.6. The van der Waals surface area contributed by atoms with Gasteiger partial charge in [0.25, 0.3) is 0 Å². The Kier molecular flexibility index (Phi) is 7.11. The Morgan fingerprint density at radius 3 is 1.35 bits per heavy atom. The van der Waals surface area contributed by atoms with Gasteiger partial charge in [-0.05, 0) is 0 Å². The van der Waals surface area contributed by atoms with Gasteiger partial charge in [0.05, 0.1) is 0 Å². The fourth-order valence-electron chi connectivity index (χ4n) is 1.57. The molecule has 3 heteroatoms. The van der Waals surface area contributed by atoms with Gasteiger partial charge in [0.15, 0.2) is 0 Å². The molecule has 0 aromatic heterocycles. The predicted molar refractivity (Wildman–Crippen MR) is 71.3 cm³/mol. The zero-order valence-corrected chi connectivity index (χ0v) is 12.9. The van der Waals surface area contributed by atoms with Crippen molar-refractivity contribution >= 4 is 28.3 Å². The third kappa shape index (κ3) is 4.15. The minimum absolute atomic E-state index is 0. The smallest absolute Gasteiger partial charge is 0.870 e. The first-order valence-corrected chi connectivity index (χ1v) is 8.01. The van der Waals surface area contributed by atoms with Crippen molar-refractivity contribution in [1.29, 1.82) is 0 Å². The van der Waals surface area contributed by atoms with E-state index in [-0.39, 0.29) is 11.0 Å². The molecule has 0 fully saturated rings. The molecule has 0 saturated heterocycles. The first-order chi connectivity index (χ1) is 7.27. The van der Waals surface area contributed by atoms with E-state index in [9.17, 15) is 0 Å². The molecular formula is C14H16O2Sn. The summed E-state index contributed by atoms with van der Waals surface area (Å²) in [6.45, 7) is 4.43. The molecule has 17 heavy (non-hydrogen) atoms. The van der Waals surface area contributed by atoms with Gasteiger partial charge in [-0.1, -0.05) is 0 Å². The minimum atomic E-state index is -0.591. The van der Waals surface area contributed by atoms with Gasteiger partial charge in [0.2, 0.25) is 0 Å². The van der Waals surface area contributed by atoms with Crippen molar-refractivity contribution < 1.29 is 11.0 Å². The summed E-state index contributed by atoms with van der Waals surface area (Å²) in [5.74, 6) is 0. The van der Waals surface area contributed by atoms with Crippen LogP contribution < -0.4 is 7.16 Å². The van der Waals surface area contributed by atoms with Crippen molar-refractivity contribution in [2.75, 3.05) is 0 Å². The zero-order valence-electron chi connectivity index (χ0n) is 10.0. The van der Waals surface area contributed by atoms with Crippen molar-refractivity contribution in [1.82, 2.24) is 0 Å². The Morgan fingerprint density at radius 2 is 1.00 bits per heavy atom. The molecule has 0 aliphatic carbocycles. The SMILES string of the molecule is Cc1cccc[c]1[Sn+2][c]1ccccc1C.[OH-].[OH-]. The summed E-state index contributed by atoms with van der Waals surface area (Å²) >= 11 is -0.591. The van der Waals surface area contributed by atoms with Crippen LogP contribution in [0.5, 0.6) is 0 Å². The molecule has 0 atom stereocenters. The second kappa shape index (κ2) is 7.48. The number of aryl methyl sites for hydroxylation is 2. The van der Waals surface area contributed by atoms with Gasteiger partial charge in [-0.15, -0.1) is 0 Å². The van der Waals surface area contributed by atoms with Gasteiger partial charge in [-0.25, -0.2) is 0 Å². The van der Waals surface area contributed by atoms with Crippen LogP contribution in [0.15, 0.2) is 48.5 Å². The Bertz CT molecular complexity index is 426. The van der Waals surface area contributed by atoms with Gasteiger partial charge in [0.1, 0.15) is 0 Å². The largest absolute Gasteiger partial charge is 0.870 e. The third-order valence-electron chi connectivity index (χ3n) is 2.56. The maximum Gasteiger partial charge on any atom is -0.870 e. The van der Waals surface area contributed by atoms with Gasteiger partial charge < -0.3 is 11.0 Å². The summed E-state index contributed by atoms with van der Waals surface area (Å²) in [5.41, 5.74) is 2.90. The second-order valence-corrected chi connectivity index (χ2v) is 7.54. The molecule has 0 aliphatic heterocycles. The quantitative estimate of drug-likeness (QED) is 0.783. The Balaban J connectivity index is 0.00000128. The van der Waals surface area contributed by atoms with E-state index in [2.05, 4.69) is 62.4 Å². The predicted octanol–water partition coefficient (Wildman–Crippen LogP) is 1.60. The van der Waals surface area contributed by atoms with E-state index in [0.717, 1.165) is 0 Å². The van der Waals surface area contributed by atoms with Gasteiger partial charge >= 0.3 is 102 Å². The zero-order chi connectivity index (χ0) is 10.7. The molecule has 0 aliphatic rings. The number of benzene rings is 2. The maximum atomic E-state index is 2.29. The van der Waals surface area contributed by atoms with Crippen LogP contribution in [-0.2, 0) is 0 Å². The van der Waals surface area contributed by atoms with Crippen LogP contribution in [0.2, 0.25) is 0 Å². The topological polar surface area (TPSA) is 60.0 Å². The minimum Gasteiger partial charge on any atom is -0.870 e. The van der Waals surface area contributed by atoms with Crippen LogP contribution >= 0.6 is 0 Å². The first-order valence-electron chi connectivity index (χ1n) is 5.15. The fraction of sp³-hybridized carbons (Fsp3) is 0.143. The molecule has 2 N–H and O–H groups in total. The van der Waals surface area contributed by atoms with E-state index in [1.165, 1.54) is 11.1 Å². The van der Waals surface area contributed by atoms with E-state index in [1.54, 1.807) is 7.16 Å². The average molecular weight is 335 g/mol. The molecule has 2 nitrogen and oxygen atoms in total. The van der Waals surface area contributed by atoms with Crippen LogP contribution in [0.1, 0.15) is 11.1 Å². The van der Waals surface area contributed by atoms with Crippen LogP contribution in [0.4, 0.5) is 0 Å². The summed E-state index contributed by atoms with van der Waals surface area (Å²) in [4.78, 5) is 0. The summed E-state index contributed by atoms with van der Waals surface area (Å²) < 4.78 is 3.19. The van der Waals surface area contributed by atoms with Crippen molar-refractivity contribution in [3.05, 3.63) is 59.7 Å². The molecule has 0 amide bonds. The van der Waals surface area contributed by atoms with Crippen LogP contribution in [-0.4, -0.2) is 32.1 Å². The summed E-state index contributed by atoms with van der Waals surface area (Å²) in [7, 11) is 0. The average Bonchev–Trinajstić information content (AvgIpc) is 2.24. The van der Waals surface area contributed by atoms with Crippen LogP contribution in [0, 0.1) is 13.8 Å². The molecule has 0 radical (unpaired) electrons. The molecular weight excluding hydrogens is 319 g/mol. The van der Waals surface area contributed by atoms with Crippen molar-refractivity contribution in [2.45, 2.75) is 13.8 Å². The van der Waals surface area contributed by atoms with E-state index in [0.29, 0.717) is 0 Å². The van der Waals surface area contributed by atoms with Gasteiger partial charge in [0, 0.05) is 0 Å². The Morgan fingerprint density at radius 1 is 0.647 bits per heavy atom. The van der Waals surface area contributed by atoms with Crippen molar-refractivity contribution in [2.24, 2.45) is 0 Å². The third-order valence-corrected chi connectivity index (χ3v) is 7.30. The number of hydrogen-bond acceptors (Lipinski definition) is 2. The number of rotatable bonds is 2. The van der Waals surface area contributed by atoms with E-state index in [4.69, 9.17) is 0 Å². The van der Waals surface area contributed by atoms with Crippen molar-refractivity contribution in [3.63, 3.8) is 0 Å². The van der Waals surface area contributed by atoms with E-state index in [1.807, 2.05) is 0 Å². The monoisotopic (exact) mass is 336 g/mol. The van der Waals surface area contributed by atoms with Gasteiger partial charge in [-0.3, -0.25) is 0 Å². The molecule has 0 heterocycles. The standard InChI is InChI=1S/2C7H7.2H2O.Sn/c2*1-7-5-3-2-4-6-7;;;/h2*2-5H,1H3;2*1H2;/q;;;;+2/p-2. The van der Waals surface area contributed by atoms with E-state index < -0.39 is 21.1 Å². The Hall–Kier alpha value is -0.841. The summed E-state index contributed by atoms with van der Waals surface area (Å²) in [6.07, 6.45) is 0. The molecule has 0 unspecified atom stereocenters. The normalized spacial score (nSPS) is 8.59. The second-order valence-electron chi connectivity index (χ2n) is 3.75. The summed E-state index contributed by atoms with van der Waals surface area (Å²) in [5, 5.41) is 0. The molecule has 2 rings (SSSR count). The number of hydrogen-bond donors (Lipinski definition) is 0. The van der Waals surface area contributed by atoms with E-state index >= 15 is 0 Å². The molecule has 2 aromatic carbocycles. The maximum absolute atomic E-state index is 2.29. The van der Waals surface area contributed by atoms with Crippen LogP contribution in [0.3, 0.4) is 0 Å². The molecule has 0 saturated carbocycles. The fourth-order valence-corrected chi connectivity index (χ4v) is 5.03. The van der Waals surface area contributed by atoms with Crippen molar-refractivity contribution in [3.8, 4) is 0 Å². The first kappa shape index (κ1) is 16.2. The van der Waals surface area contributed by atoms with Gasteiger partial charge in [-0.2, -0.15) is 0 Å². The molecule has 2 aromatic rings. The molecule has 88 valence electrons. The molecule has 0 spiro atoms. The Labute approximate surface area is 113 Å². The molecule has 0 bridgehead atoms. The van der Waals surface area contributed by atoms with Crippen LogP contribution in [0.25, 0.3) is 0 Å².